The Balaban J connectivity index is 1.85. The molecule has 0 saturated heterocycles. The smallest absolute Gasteiger partial charge is 0.254 e. The van der Waals surface area contributed by atoms with Gasteiger partial charge >= 0.3 is 0 Å². The number of fused-ring (bicyclic) bond motifs is 1. The number of halogens is 2. The second kappa shape index (κ2) is 8.58. The van der Waals surface area contributed by atoms with E-state index in [-0.39, 0.29) is 11.9 Å². The van der Waals surface area contributed by atoms with Crippen molar-refractivity contribution in [2.75, 3.05) is 20.8 Å². The normalized spacial score (nSPS) is 15.5. The zero-order valence-electron chi connectivity index (χ0n) is 16.7. The predicted molar refractivity (Wildman–Crippen MR) is 119 cm³/mol. The number of carbonyl (C=O) groups excluding carboxylic acids is 1. The molecule has 0 saturated carbocycles. The van der Waals surface area contributed by atoms with Crippen molar-refractivity contribution in [3.8, 4) is 11.5 Å². The van der Waals surface area contributed by atoms with Crippen LogP contribution in [-0.2, 0) is 6.42 Å². The quantitative estimate of drug-likeness (QED) is 0.513. The number of ether oxygens (including phenoxy) is 2. The van der Waals surface area contributed by atoms with Crippen LogP contribution in [0.15, 0.2) is 60.7 Å². The van der Waals surface area contributed by atoms with E-state index in [1.807, 2.05) is 41.3 Å². The molecule has 0 aliphatic carbocycles. The third-order valence-electron chi connectivity index (χ3n) is 5.39. The van der Waals surface area contributed by atoms with Gasteiger partial charge in [0.25, 0.3) is 5.91 Å². The Morgan fingerprint density at radius 3 is 2.30 bits per heavy atom. The number of nitrogens with zero attached hydrogens (tertiary/aromatic N) is 1. The van der Waals surface area contributed by atoms with Gasteiger partial charge in [-0.3, -0.25) is 4.79 Å². The van der Waals surface area contributed by atoms with Crippen LogP contribution in [0.25, 0.3) is 0 Å². The maximum atomic E-state index is 13.5. The third-order valence-corrected chi connectivity index (χ3v) is 5.88. The summed E-state index contributed by atoms with van der Waals surface area (Å²) in [6.45, 7) is 0.571. The number of benzene rings is 3. The van der Waals surface area contributed by atoms with Crippen LogP contribution in [-0.4, -0.2) is 31.6 Å². The monoisotopic (exact) mass is 441 g/mol. The lowest BCUT2D eigenvalue weighted by atomic mass is 9.87. The molecule has 0 aromatic heterocycles. The second-order valence-electron chi connectivity index (χ2n) is 7.12. The molecule has 1 aliphatic heterocycles. The van der Waals surface area contributed by atoms with Crippen LogP contribution in [0.5, 0.6) is 11.5 Å². The van der Waals surface area contributed by atoms with Crippen LogP contribution >= 0.6 is 23.2 Å². The van der Waals surface area contributed by atoms with Gasteiger partial charge in [-0.05, 0) is 71.6 Å². The Bertz CT molecular complexity index is 1080. The van der Waals surface area contributed by atoms with Crippen molar-refractivity contribution in [1.82, 2.24) is 4.90 Å². The minimum absolute atomic E-state index is 0.0583. The zero-order chi connectivity index (χ0) is 21.3. The van der Waals surface area contributed by atoms with Crippen molar-refractivity contribution in [1.29, 1.82) is 0 Å². The number of carbonyl (C=O) groups is 1. The Hall–Kier alpha value is -2.69. The first-order chi connectivity index (χ1) is 14.5. The van der Waals surface area contributed by atoms with Crippen LogP contribution in [0.1, 0.15) is 33.1 Å². The molecule has 154 valence electrons. The Morgan fingerprint density at radius 1 is 0.933 bits per heavy atom. The molecule has 4 nitrogen and oxygen atoms in total. The fraction of sp³-hybridized carbons (Fsp3) is 0.208. The summed E-state index contributed by atoms with van der Waals surface area (Å²) in [6.07, 6.45) is 0.714. The van der Waals surface area contributed by atoms with Gasteiger partial charge in [0.05, 0.1) is 20.3 Å². The number of hydrogen-bond acceptors (Lipinski definition) is 3. The first kappa shape index (κ1) is 20.6. The summed E-state index contributed by atoms with van der Waals surface area (Å²) in [5.41, 5.74) is 3.66. The average Bonchev–Trinajstić information content (AvgIpc) is 2.77. The molecule has 4 rings (SSSR count). The van der Waals surface area contributed by atoms with Gasteiger partial charge < -0.3 is 14.4 Å². The molecule has 1 heterocycles. The van der Waals surface area contributed by atoms with Crippen LogP contribution in [0.3, 0.4) is 0 Å². The zero-order valence-corrected chi connectivity index (χ0v) is 18.2. The van der Waals surface area contributed by atoms with Crippen molar-refractivity contribution < 1.29 is 14.3 Å². The van der Waals surface area contributed by atoms with E-state index in [1.54, 1.807) is 38.5 Å². The van der Waals surface area contributed by atoms with Crippen LogP contribution in [0, 0.1) is 0 Å². The van der Waals surface area contributed by atoms with Crippen LogP contribution < -0.4 is 9.47 Å². The minimum atomic E-state index is -0.296. The summed E-state index contributed by atoms with van der Waals surface area (Å²) in [5.74, 6) is 1.25. The predicted octanol–water partition coefficient (Wildman–Crippen LogP) is 5.80. The maximum absolute atomic E-state index is 13.5. The largest absolute Gasteiger partial charge is 0.493 e. The highest BCUT2D eigenvalue weighted by Gasteiger charge is 2.34. The van der Waals surface area contributed by atoms with E-state index in [0.29, 0.717) is 40.1 Å². The van der Waals surface area contributed by atoms with E-state index in [4.69, 9.17) is 32.7 Å². The molecule has 3 aromatic rings. The maximum Gasteiger partial charge on any atom is 0.254 e. The van der Waals surface area contributed by atoms with Gasteiger partial charge in [0, 0.05) is 22.2 Å². The first-order valence-electron chi connectivity index (χ1n) is 9.58. The molecule has 0 radical (unpaired) electrons. The molecule has 1 atom stereocenters. The van der Waals surface area contributed by atoms with Crippen molar-refractivity contribution in [3.05, 3.63) is 93.0 Å². The molecule has 1 amide bonds. The van der Waals surface area contributed by atoms with Gasteiger partial charge in [-0.15, -0.1) is 0 Å². The summed E-state index contributed by atoms with van der Waals surface area (Å²) in [6, 6.07) is 18.3. The standard InChI is InChI=1S/C24H21Cl2NO3/c1-29-21-13-16-10-11-27(24(28)15-6-8-18(25)9-7-15)23(20(16)14-22(21)30-2)17-4-3-5-19(26)12-17/h3-9,12-14,23H,10-11H2,1-2H3/t23-/m1/s1. The van der Waals surface area contributed by atoms with Gasteiger partial charge in [0.15, 0.2) is 11.5 Å². The Kier molecular flexibility index (Phi) is 5.89. The summed E-state index contributed by atoms with van der Waals surface area (Å²) >= 11 is 12.3. The highest BCUT2D eigenvalue weighted by Crippen LogP contribution is 2.42. The Labute approximate surface area is 185 Å². The summed E-state index contributed by atoms with van der Waals surface area (Å²) in [5, 5.41) is 1.22. The lowest BCUT2D eigenvalue weighted by molar-refractivity contribution is 0.0694. The van der Waals surface area contributed by atoms with E-state index >= 15 is 0 Å². The summed E-state index contributed by atoms with van der Waals surface area (Å²) in [7, 11) is 3.23. The van der Waals surface area contributed by atoms with E-state index < -0.39 is 0 Å². The van der Waals surface area contributed by atoms with Crippen LogP contribution in [0.2, 0.25) is 10.0 Å². The van der Waals surface area contributed by atoms with Crippen molar-refractivity contribution in [2.45, 2.75) is 12.5 Å². The van der Waals surface area contributed by atoms with E-state index in [1.165, 1.54) is 0 Å². The third kappa shape index (κ3) is 3.85. The number of methoxy groups -OCH3 is 2. The van der Waals surface area contributed by atoms with E-state index in [9.17, 15) is 4.79 Å². The van der Waals surface area contributed by atoms with Crippen LogP contribution in [0.4, 0.5) is 0 Å². The number of hydrogen-bond donors (Lipinski definition) is 0. The van der Waals surface area contributed by atoms with Crippen molar-refractivity contribution in [2.24, 2.45) is 0 Å². The summed E-state index contributed by atoms with van der Waals surface area (Å²) < 4.78 is 11.0. The molecule has 3 aromatic carbocycles. The molecule has 0 unspecified atom stereocenters. The molecule has 1 aliphatic rings. The number of amides is 1. The van der Waals surface area contributed by atoms with E-state index in [2.05, 4.69) is 0 Å². The lowest BCUT2D eigenvalue weighted by Crippen LogP contribution is -2.40. The average molecular weight is 442 g/mol. The van der Waals surface area contributed by atoms with Gasteiger partial charge in [-0.2, -0.15) is 0 Å². The van der Waals surface area contributed by atoms with Gasteiger partial charge in [0.2, 0.25) is 0 Å². The lowest BCUT2D eigenvalue weighted by Gasteiger charge is -2.38. The molecule has 30 heavy (non-hydrogen) atoms. The number of rotatable bonds is 4. The van der Waals surface area contributed by atoms with Gasteiger partial charge in [-0.25, -0.2) is 0 Å². The fourth-order valence-electron chi connectivity index (χ4n) is 3.96. The summed E-state index contributed by atoms with van der Waals surface area (Å²) in [4.78, 5) is 15.3. The van der Waals surface area contributed by atoms with E-state index in [0.717, 1.165) is 16.7 Å². The SMILES string of the molecule is COc1cc2c(cc1OC)[C@@H](c1cccc(Cl)c1)N(C(=O)c1ccc(Cl)cc1)CC2. The highest BCUT2D eigenvalue weighted by molar-refractivity contribution is 6.31. The molecule has 0 N–H and O–H groups in total. The van der Waals surface area contributed by atoms with Crippen molar-refractivity contribution >= 4 is 29.1 Å². The molecule has 0 spiro atoms. The van der Waals surface area contributed by atoms with Crippen molar-refractivity contribution in [3.63, 3.8) is 0 Å². The minimum Gasteiger partial charge on any atom is -0.493 e. The molecule has 6 heteroatoms. The second-order valence-corrected chi connectivity index (χ2v) is 7.99. The molecular formula is C24H21Cl2NO3. The topological polar surface area (TPSA) is 38.8 Å². The molecule has 0 bridgehead atoms. The first-order valence-corrected chi connectivity index (χ1v) is 10.3. The highest BCUT2D eigenvalue weighted by atomic mass is 35.5. The molecular weight excluding hydrogens is 421 g/mol. The van der Waals surface area contributed by atoms with Gasteiger partial charge in [-0.1, -0.05) is 35.3 Å². The van der Waals surface area contributed by atoms with Gasteiger partial charge in [0.1, 0.15) is 0 Å². The Morgan fingerprint density at radius 2 is 1.63 bits per heavy atom. The molecule has 0 fully saturated rings. The fourth-order valence-corrected chi connectivity index (χ4v) is 4.28.